The van der Waals surface area contributed by atoms with Gasteiger partial charge in [-0.05, 0) is 72.0 Å². The Bertz CT molecular complexity index is 369. The van der Waals surface area contributed by atoms with Crippen LogP contribution >= 0.6 is 22.6 Å². The number of halogens is 1. The zero-order valence-electron chi connectivity index (χ0n) is 12.0. The first-order valence-electron chi connectivity index (χ1n) is 7.80. The van der Waals surface area contributed by atoms with Crippen LogP contribution in [0.25, 0.3) is 0 Å². The van der Waals surface area contributed by atoms with Crippen molar-refractivity contribution >= 4 is 22.6 Å². The van der Waals surface area contributed by atoms with Crippen LogP contribution in [-0.4, -0.2) is 6.54 Å². The van der Waals surface area contributed by atoms with Crippen LogP contribution in [0.3, 0.4) is 0 Å². The van der Waals surface area contributed by atoms with Gasteiger partial charge in [0, 0.05) is 9.61 Å². The van der Waals surface area contributed by atoms with E-state index in [1.165, 1.54) is 54.1 Å². The van der Waals surface area contributed by atoms with E-state index in [4.69, 9.17) is 0 Å². The van der Waals surface area contributed by atoms with Gasteiger partial charge in [-0.25, -0.2) is 0 Å². The van der Waals surface area contributed by atoms with Crippen molar-refractivity contribution in [3.05, 3.63) is 33.4 Å². The second-order valence-corrected chi connectivity index (χ2v) is 6.98. The van der Waals surface area contributed by atoms with Crippen molar-refractivity contribution in [1.82, 2.24) is 5.32 Å². The van der Waals surface area contributed by atoms with Gasteiger partial charge in [0.2, 0.25) is 0 Å². The molecule has 1 aromatic rings. The largest absolute Gasteiger partial charge is 0.310 e. The van der Waals surface area contributed by atoms with E-state index in [-0.39, 0.29) is 0 Å². The molecule has 1 atom stereocenters. The summed E-state index contributed by atoms with van der Waals surface area (Å²) in [6, 6.07) is 9.62. The Balaban J connectivity index is 2.13. The molecule has 2 rings (SSSR count). The molecule has 0 bridgehead atoms. The predicted octanol–water partition coefficient (Wildman–Crippen LogP) is 5.30. The van der Waals surface area contributed by atoms with Crippen LogP contribution in [0.5, 0.6) is 0 Å². The van der Waals surface area contributed by atoms with Crippen LogP contribution < -0.4 is 5.32 Å². The normalized spacial score (nSPS) is 19.1. The summed E-state index contributed by atoms with van der Waals surface area (Å²) >= 11 is 2.43. The molecule has 0 saturated heterocycles. The van der Waals surface area contributed by atoms with Crippen LogP contribution in [0.1, 0.15) is 63.5 Å². The van der Waals surface area contributed by atoms with E-state index in [1.807, 2.05) is 0 Å². The van der Waals surface area contributed by atoms with E-state index in [2.05, 4.69) is 59.1 Å². The molecule has 1 nitrogen and oxygen atoms in total. The van der Waals surface area contributed by atoms with E-state index in [1.54, 1.807) is 0 Å². The molecule has 0 aliphatic heterocycles. The lowest BCUT2D eigenvalue weighted by Crippen LogP contribution is -2.29. The molecule has 0 aromatic heterocycles. The first kappa shape index (κ1) is 15.3. The average molecular weight is 371 g/mol. The van der Waals surface area contributed by atoms with E-state index < -0.39 is 0 Å². The highest BCUT2D eigenvalue weighted by atomic mass is 127. The van der Waals surface area contributed by atoms with Gasteiger partial charge in [-0.3, -0.25) is 0 Å². The van der Waals surface area contributed by atoms with Gasteiger partial charge in [0.15, 0.2) is 0 Å². The first-order valence-corrected chi connectivity index (χ1v) is 8.88. The molecule has 106 valence electrons. The van der Waals surface area contributed by atoms with Gasteiger partial charge in [0.25, 0.3) is 0 Å². The molecule has 1 aromatic carbocycles. The highest BCUT2D eigenvalue weighted by Crippen LogP contribution is 2.34. The fourth-order valence-corrected chi connectivity index (χ4v) is 3.77. The Morgan fingerprint density at radius 3 is 2.58 bits per heavy atom. The number of nitrogens with one attached hydrogen (secondary N) is 1. The fraction of sp³-hybridized carbons (Fsp3) is 0.647. The van der Waals surface area contributed by atoms with Gasteiger partial charge in [0.05, 0.1) is 0 Å². The Morgan fingerprint density at radius 1 is 1.21 bits per heavy atom. The lowest BCUT2D eigenvalue weighted by molar-refractivity contribution is 0.325. The fourth-order valence-electron chi connectivity index (χ4n) is 3.20. The third-order valence-corrected chi connectivity index (χ3v) is 4.86. The maximum Gasteiger partial charge on any atom is 0.0349 e. The number of rotatable bonds is 5. The average Bonchev–Trinajstić information content (AvgIpc) is 2.68. The highest BCUT2D eigenvalue weighted by Gasteiger charge is 2.23. The Morgan fingerprint density at radius 2 is 1.95 bits per heavy atom. The van der Waals surface area contributed by atoms with E-state index >= 15 is 0 Å². The standard InChI is InChI=1S/C17H26IN/c1-2-12-19-17(14-8-5-3-4-6-9-14)15-10-7-11-16(18)13-15/h7,10-11,13-14,17,19H,2-6,8-9,12H2,1H3. The lowest BCUT2D eigenvalue weighted by atomic mass is 9.87. The molecule has 1 N–H and O–H groups in total. The third-order valence-electron chi connectivity index (χ3n) is 4.19. The molecule has 1 aliphatic rings. The molecule has 1 saturated carbocycles. The van der Waals surface area contributed by atoms with Gasteiger partial charge >= 0.3 is 0 Å². The maximum absolute atomic E-state index is 3.81. The molecular weight excluding hydrogens is 345 g/mol. The maximum atomic E-state index is 3.81. The molecule has 0 radical (unpaired) electrons. The summed E-state index contributed by atoms with van der Waals surface area (Å²) in [7, 11) is 0. The summed E-state index contributed by atoms with van der Waals surface area (Å²) in [5.74, 6) is 0.826. The van der Waals surface area contributed by atoms with Crippen molar-refractivity contribution in [2.75, 3.05) is 6.54 Å². The van der Waals surface area contributed by atoms with Crippen molar-refractivity contribution in [3.8, 4) is 0 Å². The van der Waals surface area contributed by atoms with Gasteiger partial charge in [-0.15, -0.1) is 0 Å². The quantitative estimate of drug-likeness (QED) is 0.547. The summed E-state index contributed by atoms with van der Waals surface area (Å²) in [4.78, 5) is 0. The van der Waals surface area contributed by atoms with Crippen LogP contribution in [-0.2, 0) is 0 Å². The van der Waals surface area contributed by atoms with Crippen LogP contribution in [0.2, 0.25) is 0 Å². The van der Waals surface area contributed by atoms with E-state index in [9.17, 15) is 0 Å². The smallest absolute Gasteiger partial charge is 0.0349 e. The minimum Gasteiger partial charge on any atom is -0.310 e. The van der Waals surface area contributed by atoms with Gasteiger partial charge in [-0.2, -0.15) is 0 Å². The number of hydrogen-bond acceptors (Lipinski definition) is 1. The summed E-state index contributed by atoms with van der Waals surface area (Å²) in [5, 5.41) is 3.81. The minimum atomic E-state index is 0.563. The Hall–Kier alpha value is -0.0900. The highest BCUT2D eigenvalue weighted by molar-refractivity contribution is 14.1. The molecule has 0 spiro atoms. The molecule has 0 amide bonds. The minimum absolute atomic E-state index is 0.563. The van der Waals surface area contributed by atoms with Gasteiger partial charge < -0.3 is 5.32 Å². The SMILES string of the molecule is CCCNC(c1cccc(I)c1)C1CCCCCC1. The molecule has 1 fully saturated rings. The molecule has 2 heteroatoms. The van der Waals surface area contributed by atoms with E-state index in [0.717, 1.165) is 12.5 Å². The van der Waals surface area contributed by atoms with Crippen molar-refractivity contribution in [2.45, 2.75) is 57.9 Å². The lowest BCUT2D eigenvalue weighted by Gasteiger charge is -2.28. The number of benzene rings is 1. The number of hydrogen-bond donors (Lipinski definition) is 1. The Labute approximate surface area is 131 Å². The molecule has 19 heavy (non-hydrogen) atoms. The topological polar surface area (TPSA) is 12.0 Å². The van der Waals surface area contributed by atoms with Crippen molar-refractivity contribution in [3.63, 3.8) is 0 Å². The summed E-state index contributed by atoms with van der Waals surface area (Å²) < 4.78 is 1.35. The van der Waals surface area contributed by atoms with Gasteiger partial charge in [0.1, 0.15) is 0 Å². The van der Waals surface area contributed by atoms with Crippen LogP contribution in [0, 0.1) is 9.49 Å². The predicted molar refractivity (Wildman–Crippen MR) is 91.4 cm³/mol. The zero-order valence-corrected chi connectivity index (χ0v) is 14.2. The second kappa shape index (κ2) is 8.25. The van der Waals surface area contributed by atoms with Crippen molar-refractivity contribution in [2.24, 2.45) is 5.92 Å². The molecule has 1 unspecified atom stereocenters. The summed E-state index contributed by atoms with van der Waals surface area (Å²) in [5.41, 5.74) is 1.49. The monoisotopic (exact) mass is 371 g/mol. The third kappa shape index (κ3) is 4.75. The first-order chi connectivity index (χ1) is 9.31. The Kier molecular flexibility index (Phi) is 6.65. The summed E-state index contributed by atoms with van der Waals surface area (Å²) in [6.45, 7) is 3.39. The van der Waals surface area contributed by atoms with Gasteiger partial charge in [-0.1, -0.05) is 44.7 Å². The van der Waals surface area contributed by atoms with Crippen LogP contribution in [0.4, 0.5) is 0 Å². The van der Waals surface area contributed by atoms with E-state index in [0.29, 0.717) is 6.04 Å². The zero-order chi connectivity index (χ0) is 13.5. The van der Waals surface area contributed by atoms with Crippen molar-refractivity contribution < 1.29 is 0 Å². The summed E-state index contributed by atoms with van der Waals surface area (Å²) in [6.07, 6.45) is 9.71. The molecular formula is C17H26IN. The van der Waals surface area contributed by atoms with Crippen LogP contribution in [0.15, 0.2) is 24.3 Å². The second-order valence-electron chi connectivity index (χ2n) is 5.74. The molecule has 1 aliphatic carbocycles. The van der Waals surface area contributed by atoms with Crippen molar-refractivity contribution in [1.29, 1.82) is 0 Å². The molecule has 0 heterocycles.